The second-order valence-corrected chi connectivity index (χ2v) is 17.4. The van der Waals surface area contributed by atoms with Gasteiger partial charge in [-0.1, -0.05) is 133 Å². The van der Waals surface area contributed by atoms with Gasteiger partial charge in [-0.25, -0.2) is 29.9 Å². The minimum Gasteiger partial charge on any atom is -0.333 e. The molecular weight excluding hydrogens is 841 g/mol. The molecule has 0 spiro atoms. The second kappa shape index (κ2) is 21.5. The molecule has 0 unspecified atom stereocenters. The Morgan fingerprint density at radius 1 is 0.279 bits per heavy atom. The molecule has 0 N–H and O–H groups in total. The SMILES string of the molecule is c1ccc(Cn2cnc(CN(Cc3cn(Cc4ccccc4)cn3)Cc3cccc(-c4cccc(CN(Cc5cn(Cc6ccccc6)cn5)Cc5cn(Cc6ccccc6)cn5)n4)n3)c2)cc1. The second-order valence-electron chi connectivity index (χ2n) is 17.4. The Hall–Kier alpha value is -8.06. The van der Waals surface area contributed by atoms with Gasteiger partial charge in [-0.15, -0.1) is 0 Å². The van der Waals surface area contributed by atoms with E-state index in [1.54, 1.807) is 0 Å². The first kappa shape index (κ1) is 43.8. The normalized spacial score (nSPS) is 11.5. The molecule has 68 heavy (non-hydrogen) atoms. The van der Waals surface area contributed by atoms with Crippen molar-refractivity contribution >= 4 is 0 Å². The fraction of sp³-hybridized carbons (Fsp3) is 0.179. The molecule has 4 aromatic carbocycles. The van der Waals surface area contributed by atoms with Gasteiger partial charge in [0.2, 0.25) is 0 Å². The average Bonchev–Trinajstić information content (AvgIpc) is 4.21. The highest BCUT2D eigenvalue weighted by Gasteiger charge is 2.17. The summed E-state index contributed by atoms with van der Waals surface area (Å²) in [4.78, 5) is 34.5. The fourth-order valence-corrected chi connectivity index (χ4v) is 8.61. The van der Waals surface area contributed by atoms with E-state index in [-0.39, 0.29) is 0 Å². The summed E-state index contributed by atoms with van der Waals surface area (Å²) < 4.78 is 8.58. The number of rotatable bonds is 21. The van der Waals surface area contributed by atoms with Crippen molar-refractivity contribution in [3.05, 3.63) is 264 Å². The van der Waals surface area contributed by atoms with Crippen molar-refractivity contribution in [3.63, 3.8) is 0 Å². The topological polar surface area (TPSA) is 104 Å². The molecule has 6 aromatic heterocycles. The van der Waals surface area contributed by atoms with Crippen molar-refractivity contribution in [3.8, 4) is 11.4 Å². The molecule has 0 saturated heterocycles. The number of hydrogen-bond donors (Lipinski definition) is 0. The number of hydrogen-bond acceptors (Lipinski definition) is 8. The molecule has 10 rings (SSSR count). The zero-order chi connectivity index (χ0) is 45.7. The standard InChI is InChI=1S/C56H54N12/c1-5-15-45(16-6-1)27-65-37-51(57-41-65)33-63(34-52-38-66(42-58-52)28-46-17-7-2-8-18-46)31-49-23-13-25-55(61-49)56-26-14-24-50(62-56)32-64(35-53-39-67(43-59-53)29-47-19-9-3-10-20-47)36-54-40-68(44-60-54)30-48-21-11-4-12-22-48/h1-26,37-44H,27-36H2. The highest BCUT2D eigenvalue weighted by molar-refractivity contribution is 5.54. The Labute approximate surface area is 397 Å². The summed E-state index contributed by atoms with van der Waals surface area (Å²) in [5.74, 6) is 0. The largest absolute Gasteiger partial charge is 0.333 e. The summed E-state index contributed by atoms with van der Waals surface area (Å²) in [6, 6.07) is 54.4. The van der Waals surface area contributed by atoms with E-state index >= 15 is 0 Å². The van der Waals surface area contributed by atoms with Gasteiger partial charge in [0.1, 0.15) is 0 Å². The predicted octanol–water partition coefficient (Wildman–Crippen LogP) is 9.53. The van der Waals surface area contributed by atoms with Crippen LogP contribution in [0.3, 0.4) is 0 Å². The monoisotopic (exact) mass is 894 g/mol. The zero-order valence-corrected chi connectivity index (χ0v) is 38.1. The first-order valence-corrected chi connectivity index (χ1v) is 23.1. The van der Waals surface area contributed by atoms with E-state index in [1.807, 2.05) is 61.7 Å². The van der Waals surface area contributed by atoms with Crippen LogP contribution in [0.2, 0.25) is 0 Å². The molecular formula is C56H54N12. The number of pyridine rings is 2. The highest BCUT2D eigenvalue weighted by Crippen LogP contribution is 2.21. The van der Waals surface area contributed by atoms with Gasteiger partial charge in [0.25, 0.3) is 0 Å². The first-order valence-electron chi connectivity index (χ1n) is 23.1. The molecule has 12 heteroatoms. The van der Waals surface area contributed by atoms with E-state index in [2.05, 4.69) is 174 Å². The number of aromatic nitrogens is 10. The van der Waals surface area contributed by atoms with E-state index in [1.165, 1.54) is 22.3 Å². The van der Waals surface area contributed by atoms with Crippen molar-refractivity contribution in [1.82, 2.24) is 58.0 Å². The summed E-state index contributed by atoms with van der Waals surface area (Å²) in [5.41, 5.74) is 12.5. The van der Waals surface area contributed by atoms with Crippen LogP contribution >= 0.6 is 0 Å². The lowest BCUT2D eigenvalue weighted by atomic mass is 10.2. The van der Waals surface area contributed by atoms with Gasteiger partial charge < -0.3 is 18.3 Å². The maximum Gasteiger partial charge on any atom is 0.0953 e. The maximum atomic E-state index is 5.22. The molecule has 0 bridgehead atoms. The van der Waals surface area contributed by atoms with Crippen molar-refractivity contribution in [1.29, 1.82) is 0 Å². The van der Waals surface area contributed by atoms with Crippen LogP contribution in [0.1, 0.15) is 56.4 Å². The van der Waals surface area contributed by atoms with E-state index in [9.17, 15) is 0 Å². The lowest BCUT2D eigenvalue weighted by Crippen LogP contribution is -2.24. The van der Waals surface area contributed by atoms with Crippen LogP contribution in [-0.2, 0) is 65.4 Å². The highest BCUT2D eigenvalue weighted by atomic mass is 15.2. The molecule has 0 aliphatic carbocycles. The number of benzene rings is 4. The lowest BCUT2D eigenvalue weighted by molar-refractivity contribution is 0.239. The molecule has 0 atom stereocenters. The average molecular weight is 895 g/mol. The predicted molar refractivity (Wildman–Crippen MR) is 264 cm³/mol. The third-order valence-corrected chi connectivity index (χ3v) is 11.8. The van der Waals surface area contributed by atoms with E-state index in [0.717, 1.165) is 71.7 Å². The van der Waals surface area contributed by atoms with E-state index < -0.39 is 0 Å². The van der Waals surface area contributed by atoms with Gasteiger partial charge in [0, 0.05) is 90.2 Å². The molecule has 6 heterocycles. The third kappa shape index (κ3) is 12.2. The van der Waals surface area contributed by atoms with Crippen LogP contribution in [0, 0.1) is 0 Å². The molecule has 12 nitrogen and oxygen atoms in total. The number of nitrogens with zero attached hydrogens (tertiary/aromatic N) is 12. The molecule has 0 aliphatic rings. The molecule has 0 saturated carbocycles. The van der Waals surface area contributed by atoms with Gasteiger partial charge in [-0.05, 0) is 46.5 Å². The van der Waals surface area contributed by atoms with Gasteiger partial charge in [0.05, 0.1) is 70.9 Å². The maximum absolute atomic E-state index is 5.22. The minimum atomic E-state index is 0.603. The van der Waals surface area contributed by atoms with Crippen LogP contribution < -0.4 is 0 Å². The lowest BCUT2D eigenvalue weighted by Gasteiger charge is -2.21. The number of imidazole rings is 4. The van der Waals surface area contributed by atoms with Crippen molar-refractivity contribution < 1.29 is 0 Å². The van der Waals surface area contributed by atoms with Crippen molar-refractivity contribution in [2.45, 2.75) is 65.4 Å². The first-order chi connectivity index (χ1) is 33.6. The summed E-state index contributed by atoms with van der Waals surface area (Å²) in [7, 11) is 0. The Balaban J connectivity index is 0.864. The molecule has 0 radical (unpaired) electrons. The van der Waals surface area contributed by atoms with Crippen molar-refractivity contribution in [2.75, 3.05) is 0 Å². The van der Waals surface area contributed by atoms with E-state index in [4.69, 9.17) is 29.9 Å². The molecule has 0 fully saturated rings. The molecule has 0 amide bonds. The van der Waals surface area contributed by atoms with Crippen LogP contribution in [0.25, 0.3) is 11.4 Å². The van der Waals surface area contributed by atoms with Gasteiger partial charge in [-0.2, -0.15) is 0 Å². The fourth-order valence-electron chi connectivity index (χ4n) is 8.61. The summed E-state index contributed by atoms with van der Waals surface area (Å²) >= 11 is 0. The summed E-state index contributed by atoms with van der Waals surface area (Å²) in [6.07, 6.45) is 16.3. The van der Waals surface area contributed by atoms with Crippen molar-refractivity contribution in [2.24, 2.45) is 0 Å². The zero-order valence-electron chi connectivity index (χ0n) is 38.1. The van der Waals surface area contributed by atoms with Crippen LogP contribution in [0.15, 0.2) is 208 Å². The molecule has 338 valence electrons. The Kier molecular flexibility index (Phi) is 13.9. The van der Waals surface area contributed by atoms with Crippen LogP contribution in [-0.4, -0.2) is 58.0 Å². The Morgan fingerprint density at radius 3 is 0.824 bits per heavy atom. The summed E-state index contributed by atoms with van der Waals surface area (Å²) in [5, 5.41) is 0. The summed E-state index contributed by atoms with van der Waals surface area (Å²) in [6.45, 7) is 6.82. The van der Waals surface area contributed by atoms with Crippen LogP contribution in [0.4, 0.5) is 0 Å². The Morgan fingerprint density at radius 2 is 0.544 bits per heavy atom. The van der Waals surface area contributed by atoms with E-state index in [0.29, 0.717) is 39.3 Å². The molecule has 0 aliphatic heterocycles. The smallest absolute Gasteiger partial charge is 0.0953 e. The van der Waals surface area contributed by atoms with Gasteiger partial charge in [-0.3, -0.25) is 9.80 Å². The molecule has 10 aromatic rings. The Bertz CT molecular complexity index is 2730. The van der Waals surface area contributed by atoms with Gasteiger partial charge in [0.15, 0.2) is 0 Å². The quantitative estimate of drug-likeness (QED) is 0.0703. The van der Waals surface area contributed by atoms with Gasteiger partial charge >= 0.3 is 0 Å². The minimum absolute atomic E-state index is 0.603. The third-order valence-electron chi connectivity index (χ3n) is 11.8. The van der Waals surface area contributed by atoms with Crippen LogP contribution in [0.5, 0.6) is 0 Å².